The summed E-state index contributed by atoms with van der Waals surface area (Å²) < 4.78 is 4.65. The van der Waals surface area contributed by atoms with E-state index in [0.29, 0.717) is 5.56 Å². The van der Waals surface area contributed by atoms with Gasteiger partial charge in [-0.05, 0) is 18.6 Å². The summed E-state index contributed by atoms with van der Waals surface area (Å²) in [6, 6.07) is 2.62. The number of rotatable bonds is 5. The quantitative estimate of drug-likeness (QED) is 0.616. The van der Waals surface area contributed by atoms with Crippen LogP contribution >= 0.6 is 0 Å². The number of carbonyl (C=O) groups excluding carboxylic acids is 1. The van der Waals surface area contributed by atoms with Crippen LogP contribution in [0.4, 0.5) is 0 Å². The van der Waals surface area contributed by atoms with Crippen LogP contribution in [-0.2, 0) is 9.53 Å². The molecule has 0 saturated carbocycles. The molecule has 1 aromatic heterocycles. The molecular formula is C11H15NO5. The Balaban J connectivity index is 2.63. The molecule has 0 amide bonds. The average molecular weight is 241 g/mol. The van der Waals surface area contributed by atoms with E-state index in [9.17, 15) is 19.8 Å². The fraction of sp³-hybridized carbons (Fsp3) is 0.455. The summed E-state index contributed by atoms with van der Waals surface area (Å²) in [6.07, 6.45) is -1.51. The number of pyridine rings is 1. The molecule has 6 heteroatoms. The summed E-state index contributed by atoms with van der Waals surface area (Å²) in [5, 5.41) is 19.3. The highest BCUT2D eigenvalue weighted by Gasteiger charge is 2.22. The van der Waals surface area contributed by atoms with Crippen LogP contribution in [0.2, 0.25) is 0 Å². The van der Waals surface area contributed by atoms with Crippen LogP contribution in [0.5, 0.6) is 0 Å². The summed E-state index contributed by atoms with van der Waals surface area (Å²) in [5.74, 6) is -0.580. The summed E-state index contributed by atoms with van der Waals surface area (Å²) in [5.41, 5.74) is 0.0298. The maximum absolute atomic E-state index is 11.1. The van der Waals surface area contributed by atoms with Gasteiger partial charge >= 0.3 is 5.97 Å². The number of aliphatic hydroxyl groups excluding tert-OH is 2. The SMILES string of the molecule is CCOC(=O)CC(O)C(O)c1ccc(=O)[nH]c1. The lowest BCUT2D eigenvalue weighted by atomic mass is 10.0. The van der Waals surface area contributed by atoms with Gasteiger partial charge in [-0.15, -0.1) is 0 Å². The molecule has 0 aliphatic carbocycles. The second-order valence-corrected chi connectivity index (χ2v) is 3.51. The second kappa shape index (κ2) is 6.17. The normalized spacial score (nSPS) is 14.1. The lowest BCUT2D eigenvalue weighted by Crippen LogP contribution is -2.23. The molecule has 0 aliphatic rings. The van der Waals surface area contributed by atoms with Crippen LogP contribution in [0.3, 0.4) is 0 Å². The third-order valence-corrected chi connectivity index (χ3v) is 2.20. The molecule has 6 nitrogen and oxygen atoms in total. The van der Waals surface area contributed by atoms with Crippen LogP contribution < -0.4 is 5.56 Å². The number of nitrogens with one attached hydrogen (secondary N) is 1. The number of aliphatic hydroxyl groups is 2. The van der Waals surface area contributed by atoms with E-state index in [2.05, 4.69) is 9.72 Å². The summed E-state index contributed by atoms with van der Waals surface area (Å²) in [4.78, 5) is 24.3. The zero-order valence-electron chi connectivity index (χ0n) is 9.42. The summed E-state index contributed by atoms with van der Waals surface area (Å²) in [6.45, 7) is 1.88. The molecule has 0 spiro atoms. The van der Waals surface area contributed by atoms with Crippen molar-refractivity contribution >= 4 is 5.97 Å². The number of hydrogen-bond donors (Lipinski definition) is 3. The van der Waals surface area contributed by atoms with Gasteiger partial charge in [0.2, 0.25) is 5.56 Å². The van der Waals surface area contributed by atoms with Gasteiger partial charge in [-0.25, -0.2) is 0 Å². The third kappa shape index (κ3) is 4.01. The predicted molar refractivity (Wildman–Crippen MR) is 59.3 cm³/mol. The zero-order chi connectivity index (χ0) is 12.8. The minimum absolute atomic E-state index is 0.223. The smallest absolute Gasteiger partial charge is 0.308 e. The number of aromatic amines is 1. The molecule has 0 aromatic carbocycles. The standard InChI is InChI=1S/C11H15NO5/c1-2-17-10(15)5-8(13)11(16)7-3-4-9(14)12-6-7/h3-4,6,8,11,13,16H,2,5H2,1H3,(H,12,14). The van der Waals surface area contributed by atoms with Gasteiger partial charge < -0.3 is 19.9 Å². The van der Waals surface area contributed by atoms with Gasteiger partial charge in [0.05, 0.1) is 19.1 Å². The highest BCUT2D eigenvalue weighted by molar-refractivity contribution is 5.70. The molecule has 17 heavy (non-hydrogen) atoms. The van der Waals surface area contributed by atoms with Crippen molar-refractivity contribution in [1.82, 2.24) is 4.98 Å². The van der Waals surface area contributed by atoms with E-state index in [4.69, 9.17) is 0 Å². The minimum Gasteiger partial charge on any atom is -0.466 e. The number of carbonyl (C=O) groups is 1. The highest BCUT2D eigenvalue weighted by atomic mass is 16.5. The Morgan fingerprint density at radius 1 is 1.47 bits per heavy atom. The fourth-order valence-corrected chi connectivity index (χ4v) is 1.33. The topological polar surface area (TPSA) is 99.6 Å². The Morgan fingerprint density at radius 3 is 2.71 bits per heavy atom. The largest absolute Gasteiger partial charge is 0.466 e. The van der Waals surface area contributed by atoms with Crippen molar-refractivity contribution in [1.29, 1.82) is 0 Å². The first-order chi connectivity index (χ1) is 8.04. The number of H-pyrrole nitrogens is 1. The van der Waals surface area contributed by atoms with Gasteiger partial charge in [-0.1, -0.05) is 0 Å². The van der Waals surface area contributed by atoms with E-state index in [0.717, 1.165) is 0 Å². The molecule has 0 saturated heterocycles. The first-order valence-corrected chi connectivity index (χ1v) is 5.25. The Morgan fingerprint density at radius 2 is 2.18 bits per heavy atom. The van der Waals surface area contributed by atoms with Gasteiger partial charge in [0.15, 0.2) is 0 Å². The molecule has 1 heterocycles. The number of esters is 1. The van der Waals surface area contributed by atoms with Crippen LogP contribution in [0.1, 0.15) is 25.0 Å². The monoisotopic (exact) mass is 241 g/mol. The molecule has 2 atom stereocenters. The van der Waals surface area contributed by atoms with Crippen molar-refractivity contribution in [2.75, 3.05) is 6.61 Å². The van der Waals surface area contributed by atoms with E-state index < -0.39 is 18.2 Å². The fourth-order valence-electron chi connectivity index (χ4n) is 1.33. The molecular weight excluding hydrogens is 226 g/mol. The first-order valence-electron chi connectivity index (χ1n) is 5.25. The molecule has 0 fully saturated rings. The molecule has 94 valence electrons. The molecule has 0 aliphatic heterocycles. The van der Waals surface area contributed by atoms with Gasteiger partial charge in [0.1, 0.15) is 6.10 Å². The van der Waals surface area contributed by atoms with E-state index in [1.807, 2.05) is 0 Å². The molecule has 0 bridgehead atoms. The Bertz CT molecular complexity index is 408. The van der Waals surface area contributed by atoms with Crippen molar-refractivity contribution in [2.24, 2.45) is 0 Å². The van der Waals surface area contributed by atoms with Crippen molar-refractivity contribution in [3.05, 3.63) is 34.2 Å². The Kier molecular flexibility index (Phi) is 4.86. The Labute approximate surface area is 97.9 Å². The van der Waals surface area contributed by atoms with Crippen molar-refractivity contribution in [2.45, 2.75) is 25.6 Å². The van der Waals surface area contributed by atoms with Crippen LogP contribution in [0.15, 0.2) is 23.1 Å². The van der Waals surface area contributed by atoms with Crippen molar-refractivity contribution in [3.63, 3.8) is 0 Å². The van der Waals surface area contributed by atoms with Crippen molar-refractivity contribution < 1.29 is 19.7 Å². The third-order valence-electron chi connectivity index (χ3n) is 2.20. The van der Waals surface area contributed by atoms with Crippen LogP contribution in [0.25, 0.3) is 0 Å². The van der Waals surface area contributed by atoms with Crippen LogP contribution in [0, 0.1) is 0 Å². The summed E-state index contributed by atoms with van der Waals surface area (Å²) >= 11 is 0. The number of hydrogen-bond acceptors (Lipinski definition) is 5. The van der Waals surface area contributed by atoms with E-state index >= 15 is 0 Å². The first kappa shape index (κ1) is 13.4. The molecule has 1 rings (SSSR count). The van der Waals surface area contributed by atoms with Gasteiger partial charge in [-0.2, -0.15) is 0 Å². The van der Waals surface area contributed by atoms with Gasteiger partial charge in [0, 0.05) is 12.3 Å². The number of ether oxygens (including phenoxy) is 1. The Hall–Kier alpha value is -1.66. The average Bonchev–Trinajstić information content (AvgIpc) is 2.29. The van der Waals surface area contributed by atoms with Gasteiger partial charge in [0.25, 0.3) is 0 Å². The molecule has 1 aromatic rings. The maximum atomic E-state index is 11.1. The van der Waals surface area contributed by atoms with Crippen molar-refractivity contribution in [3.8, 4) is 0 Å². The molecule has 2 unspecified atom stereocenters. The summed E-state index contributed by atoms with van der Waals surface area (Å²) in [7, 11) is 0. The van der Waals surface area contributed by atoms with Gasteiger partial charge in [-0.3, -0.25) is 9.59 Å². The highest BCUT2D eigenvalue weighted by Crippen LogP contribution is 2.17. The van der Waals surface area contributed by atoms with E-state index in [1.165, 1.54) is 18.3 Å². The predicted octanol–water partition coefficient (Wildman–Crippen LogP) is -0.278. The zero-order valence-corrected chi connectivity index (χ0v) is 9.42. The lowest BCUT2D eigenvalue weighted by Gasteiger charge is -2.16. The molecule has 3 N–H and O–H groups in total. The van der Waals surface area contributed by atoms with Crippen LogP contribution in [-0.4, -0.2) is 33.9 Å². The van der Waals surface area contributed by atoms with E-state index in [1.54, 1.807) is 6.92 Å². The maximum Gasteiger partial charge on any atom is 0.308 e. The van der Waals surface area contributed by atoms with E-state index in [-0.39, 0.29) is 18.6 Å². The lowest BCUT2D eigenvalue weighted by molar-refractivity contribution is -0.147. The second-order valence-electron chi connectivity index (χ2n) is 3.51. The minimum atomic E-state index is -1.26. The molecule has 0 radical (unpaired) electrons. The number of aromatic nitrogens is 1.